The summed E-state index contributed by atoms with van der Waals surface area (Å²) >= 11 is 0. The van der Waals surface area contributed by atoms with E-state index in [4.69, 9.17) is 9.98 Å². The van der Waals surface area contributed by atoms with Gasteiger partial charge in [0.05, 0.1) is 22.1 Å². The Morgan fingerprint density at radius 3 is 0.896 bits per heavy atom. The van der Waals surface area contributed by atoms with Crippen molar-refractivity contribution in [3.63, 3.8) is 0 Å². The van der Waals surface area contributed by atoms with Gasteiger partial charge in [0.15, 0.2) is 16.1 Å². The summed E-state index contributed by atoms with van der Waals surface area (Å²) in [7, 11) is -7.37. The van der Waals surface area contributed by atoms with Crippen LogP contribution in [0.15, 0.2) is 429 Å². The summed E-state index contributed by atoms with van der Waals surface area (Å²) in [5, 5.41) is 18.7. The van der Waals surface area contributed by atoms with Crippen LogP contribution in [-0.4, -0.2) is 37.1 Å². The molecule has 0 saturated heterocycles. The van der Waals surface area contributed by atoms with Gasteiger partial charge in [-0.3, -0.25) is 4.57 Å². The molecule has 0 fully saturated rings. The van der Waals surface area contributed by atoms with Gasteiger partial charge in [0, 0.05) is 27.1 Å². The number of nitrogens with one attached hydrogen (secondary N) is 1. The third-order valence-electron chi connectivity index (χ3n) is 21.7. The average molecular weight is 1390 g/mol. The molecule has 1 atom stereocenters. The van der Waals surface area contributed by atoms with Gasteiger partial charge < -0.3 is 9.88 Å². The molecule has 0 aliphatic carbocycles. The van der Waals surface area contributed by atoms with Gasteiger partial charge in [0.2, 0.25) is 12.2 Å². The largest absolute Gasteiger partial charge is 0.330 e. The van der Waals surface area contributed by atoms with Gasteiger partial charge in [0.1, 0.15) is 5.84 Å². The minimum Gasteiger partial charge on any atom is -0.330 e. The van der Waals surface area contributed by atoms with Gasteiger partial charge >= 0.3 is 0 Å². The first-order valence-electron chi connectivity index (χ1n) is 36.5. The normalized spacial score (nSPS) is 13.2. The standard InChI is InChI=1S/C99H71N5Si2/c1-8-32-70(33-9-1)75-42-28-50-83(62-75)105(81-46-18-6-19-47-81,84-51-29-43-76(63-84)71-34-10-2-11-35-71)87-66-80(67-88(69-87)106(82-48-20-7-21-49-82,85-52-30-44-77(64-85)72-36-12-3-13-37-72)86-53-31-45-78(65-86)73-38-14-4-15-39-73)97-100-98(103-93-57-25-22-54-89(93)90-55-23-26-58-94(90)103)102-99(101-97)104-95-59-27-24-56-91(95)92-68-79(60-61-96(92)104)74-40-16-5-17-41-74/h1-69,98H,(H,100,101,102). The molecule has 106 heavy (non-hydrogen) atoms. The minimum atomic E-state index is -3.68. The third kappa shape index (κ3) is 11.1. The van der Waals surface area contributed by atoms with Crippen molar-refractivity contribution < 1.29 is 0 Å². The van der Waals surface area contributed by atoms with Crippen LogP contribution in [0.2, 0.25) is 0 Å². The number of aromatic nitrogens is 2. The van der Waals surface area contributed by atoms with E-state index in [0.29, 0.717) is 11.8 Å². The molecule has 0 amide bonds. The highest BCUT2D eigenvalue weighted by molar-refractivity contribution is 7.22. The zero-order valence-electron chi connectivity index (χ0n) is 58.2. The number of aliphatic imine (C=N–C) groups is 2. The molecular weight excluding hydrogens is 1320 g/mol. The first-order valence-corrected chi connectivity index (χ1v) is 40.5. The quantitative estimate of drug-likeness (QED) is 0.0807. The molecule has 1 unspecified atom stereocenters. The Kier molecular flexibility index (Phi) is 16.3. The smallest absolute Gasteiger partial charge is 0.235 e. The molecular formula is C99H71N5Si2. The summed E-state index contributed by atoms with van der Waals surface area (Å²) in [6, 6.07) is 156. The van der Waals surface area contributed by atoms with E-state index in [9.17, 15) is 0 Å². The Bertz CT molecular complexity index is 5900. The van der Waals surface area contributed by atoms with Crippen molar-refractivity contribution in [1.82, 2.24) is 14.5 Å². The highest BCUT2D eigenvalue weighted by Crippen LogP contribution is 2.37. The van der Waals surface area contributed by atoms with E-state index >= 15 is 0 Å². The molecule has 0 radical (unpaired) electrons. The molecule has 18 aromatic rings. The second-order valence-corrected chi connectivity index (χ2v) is 35.2. The lowest BCUT2D eigenvalue weighted by Crippen LogP contribution is -2.78. The van der Waals surface area contributed by atoms with E-state index in [1.54, 1.807) is 0 Å². The van der Waals surface area contributed by atoms with Crippen LogP contribution >= 0.6 is 0 Å². The molecule has 0 saturated carbocycles. The molecule has 3 heterocycles. The van der Waals surface area contributed by atoms with E-state index in [0.717, 1.165) is 105 Å². The average Bonchev–Trinajstić information content (AvgIpc) is 0.944. The molecule has 1 N–H and O–H groups in total. The Morgan fingerprint density at radius 2 is 0.509 bits per heavy atom. The van der Waals surface area contributed by atoms with Gasteiger partial charge in [-0.1, -0.05) is 388 Å². The van der Waals surface area contributed by atoms with Crippen LogP contribution in [0.5, 0.6) is 0 Å². The second-order valence-electron chi connectivity index (χ2n) is 27.6. The molecule has 1 aliphatic heterocycles. The van der Waals surface area contributed by atoms with Crippen LogP contribution in [0.25, 0.3) is 99.2 Å². The summed E-state index contributed by atoms with van der Waals surface area (Å²) in [5.74, 6) is 1.27. The molecule has 500 valence electrons. The van der Waals surface area contributed by atoms with E-state index in [2.05, 4.69) is 433 Å². The summed E-state index contributed by atoms with van der Waals surface area (Å²) < 4.78 is 4.71. The van der Waals surface area contributed by atoms with Gasteiger partial charge in [-0.2, -0.15) is 4.99 Å². The van der Waals surface area contributed by atoms with Crippen molar-refractivity contribution in [3.8, 4) is 55.6 Å². The molecule has 1 aliphatic rings. The van der Waals surface area contributed by atoms with E-state index < -0.39 is 22.4 Å². The Labute approximate surface area is 619 Å². The molecule has 2 aromatic heterocycles. The lowest BCUT2D eigenvalue weighted by Gasteiger charge is -2.39. The van der Waals surface area contributed by atoms with Crippen molar-refractivity contribution in [2.75, 3.05) is 0 Å². The van der Waals surface area contributed by atoms with E-state index in [1.807, 2.05) is 0 Å². The Hall–Kier alpha value is -13.3. The van der Waals surface area contributed by atoms with E-state index in [-0.39, 0.29) is 0 Å². The highest BCUT2D eigenvalue weighted by atomic mass is 28.3. The maximum absolute atomic E-state index is 6.13. The Balaban J connectivity index is 0.980. The number of benzene rings is 16. The maximum Gasteiger partial charge on any atom is 0.235 e. The fraction of sp³-hybridized carbons (Fsp3) is 0.0101. The van der Waals surface area contributed by atoms with Crippen LogP contribution in [0.3, 0.4) is 0 Å². The number of hydrogen-bond acceptors (Lipinski definition) is 3. The monoisotopic (exact) mass is 1390 g/mol. The van der Waals surface area contributed by atoms with Gasteiger partial charge in [-0.15, -0.1) is 0 Å². The molecule has 0 spiro atoms. The molecule has 19 rings (SSSR count). The topological polar surface area (TPSA) is 46.6 Å². The maximum atomic E-state index is 6.13. The molecule has 0 bridgehead atoms. The van der Waals surface area contributed by atoms with Crippen LogP contribution < -0.4 is 46.8 Å². The first-order chi connectivity index (χ1) is 52.5. The minimum absolute atomic E-state index is 0.571. The highest BCUT2D eigenvalue weighted by Gasteiger charge is 2.47. The van der Waals surface area contributed by atoms with Gasteiger partial charge in [-0.05, 0) is 127 Å². The molecule has 5 nitrogen and oxygen atoms in total. The zero-order chi connectivity index (χ0) is 70.4. The summed E-state index contributed by atoms with van der Waals surface area (Å²) in [5.41, 5.74) is 16.6. The summed E-state index contributed by atoms with van der Waals surface area (Å²) in [4.78, 5) is 12.1. The van der Waals surface area contributed by atoms with Crippen molar-refractivity contribution in [1.29, 1.82) is 0 Å². The zero-order valence-corrected chi connectivity index (χ0v) is 60.2. The lowest BCUT2D eigenvalue weighted by atomic mass is 10.0. The fourth-order valence-corrected chi connectivity index (χ4v) is 26.7. The summed E-state index contributed by atoms with van der Waals surface area (Å²) in [6.07, 6.45) is -0.693. The van der Waals surface area contributed by atoms with Crippen molar-refractivity contribution in [2.24, 2.45) is 9.98 Å². The number of hydrogen-bond donors (Lipinski definition) is 1. The van der Waals surface area contributed by atoms with Gasteiger partial charge in [-0.25, -0.2) is 4.99 Å². The number of nitrogens with zero attached hydrogens (tertiary/aromatic N) is 4. The predicted molar refractivity (Wildman–Crippen MR) is 451 cm³/mol. The van der Waals surface area contributed by atoms with Crippen molar-refractivity contribution in [2.45, 2.75) is 6.29 Å². The van der Waals surface area contributed by atoms with Crippen LogP contribution in [-0.2, 0) is 0 Å². The summed E-state index contributed by atoms with van der Waals surface area (Å²) in [6.45, 7) is 0. The Morgan fingerprint density at radius 1 is 0.217 bits per heavy atom. The number of amidine groups is 1. The third-order valence-corrected chi connectivity index (χ3v) is 31.1. The lowest BCUT2D eigenvalue weighted by molar-refractivity contribution is 0.513. The van der Waals surface area contributed by atoms with Crippen LogP contribution in [0.4, 0.5) is 0 Å². The molecule has 16 aromatic carbocycles. The number of fused-ring (bicyclic) bond motifs is 6. The fourth-order valence-electron chi connectivity index (χ4n) is 16.8. The van der Waals surface area contributed by atoms with Crippen LogP contribution in [0.1, 0.15) is 11.9 Å². The van der Waals surface area contributed by atoms with Crippen molar-refractivity contribution in [3.05, 3.63) is 424 Å². The number of rotatable bonds is 15. The SMILES string of the molecule is c1ccc(-c2cccc([Si](c3ccccc3)(c3cccc(-c4ccccc4)c3)c3cc(C4=NC(n5c6ccccc6c6cc(-c7ccccc7)ccc65)=NC(n5c6ccccc6c6ccccc65)N4)cc([Si](c4ccccc4)(c4cccc(-c5ccccc5)c4)c4cccc(-c5ccccc5)c4)c3)c2)cc1. The van der Waals surface area contributed by atoms with Gasteiger partial charge in [0.25, 0.3) is 0 Å². The van der Waals surface area contributed by atoms with E-state index in [1.165, 1.54) is 41.5 Å². The van der Waals surface area contributed by atoms with Crippen LogP contribution in [0, 0.1) is 0 Å². The predicted octanol–water partition coefficient (Wildman–Crippen LogP) is 18.4. The number of para-hydroxylation sites is 3. The second kappa shape index (κ2) is 27.1. The first kappa shape index (κ1) is 63.6. The molecule has 7 heteroatoms. The van der Waals surface area contributed by atoms with Crippen molar-refractivity contribution >= 4 is 113 Å².